The zero-order valence-electron chi connectivity index (χ0n) is 23.2. The van der Waals surface area contributed by atoms with Gasteiger partial charge in [-0.05, 0) is 76.8 Å². The van der Waals surface area contributed by atoms with Gasteiger partial charge in [-0.25, -0.2) is 9.48 Å². The number of nitrogens with zero attached hydrogens (tertiary/aromatic N) is 3. The molecule has 2 aromatic carbocycles. The number of aryl methyl sites for hydroxylation is 2. The molecular formula is C30H38N4O4. The standard InChI is InChI=1S/C30H38N4O4/c1-20-10-11-26(21(2)16-20)34-27(23-12-14-33(15-13-23)29(36)38-30(3,4)5)25(19-32-34)28(35)31-18-22-8-7-9-24(17-22)37-6/h7-11,16-17,19,23H,12-15,18H2,1-6H3,(H,31,35). The Balaban J connectivity index is 1.59. The van der Waals surface area contributed by atoms with Gasteiger partial charge in [0.2, 0.25) is 0 Å². The summed E-state index contributed by atoms with van der Waals surface area (Å²) in [4.78, 5) is 27.8. The van der Waals surface area contributed by atoms with E-state index in [0.717, 1.165) is 28.3 Å². The van der Waals surface area contributed by atoms with Crippen molar-refractivity contribution in [2.24, 2.45) is 0 Å². The molecule has 8 nitrogen and oxygen atoms in total. The molecule has 1 N–H and O–H groups in total. The fraction of sp³-hybridized carbons (Fsp3) is 0.433. The fourth-order valence-electron chi connectivity index (χ4n) is 4.88. The molecule has 2 amide bonds. The van der Waals surface area contributed by atoms with Crippen molar-refractivity contribution in [2.45, 2.75) is 65.5 Å². The van der Waals surface area contributed by atoms with Gasteiger partial charge in [-0.3, -0.25) is 4.79 Å². The van der Waals surface area contributed by atoms with E-state index in [1.54, 1.807) is 18.2 Å². The third-order valence-electron chi connectivity index (χ3n) is 6.75. The van der Waals surface area contributed by atoms with Gasteiger partial charge in [-0.2, -0.15) is 5.10 Å². The largest absolute Gasteiger partial charge is 0.497 e. The number of aromatic nitrogens is 2. The van der Waals surface area contributed by atoms with Gasteiger partial charge in [-0.1, -0.05) is 29.8 Å². The van der Waals surface area contributed by atoms with Crippen molar-refractivity contribution in [2.75, 3.05) is 20.2 Å². The number of hydrogen-bond donors (Lipinski definition) is 1. The first-order valence-corrected chi connectivity index (χ1v) is 13.1. The summed E-state index contributed by atoms with van der Waals surface area (Å²) in [5.74, 6) is 0.639. The van der Waals surface area contributed by atoms with E-state index in [1.807, 2.05) is 49.7 Å². The summed E-state index contributed by atoms with van der Waals surface area (Å²) in [5.41, 5.74) is 5.06. The number of rotatable bonds is 6. The van der Waals surface area contributed by atoms with Crippen LogP contribution in [-0.4, -0.2) is 52.5 Å². The molecule has 1 fully saturated rings. The van der Waals surface area contributed by atoms with Crippen LogP contribution >= 0.6 is 0 Å². The first kappa shape index (κ1) is 27.2. The lowest BCUT2D eigenvalue weighted by Gasteiger charge is -2.34. The third kappa shape index (κ3) is 6.36. The molecule has 202 valence electrons. The van der Waals surface area contributed by atoms with Gasteiger partial charge in [0.15, 0.2) is 0 Å². The van der Waals surface area contributed by atoms with Gasteiger partial charge in [0, 0.05) is 25.6 Å². The van der Waals surface area contributed by atoms with Crippen LogP contribution in [0.4, 0.5) is 4.79 Å². The first-order valence-electron chi connectivity index (χ1n) is 13.1. The number of piperidine rings is 1. The summed E-state index contributed by atoms with van der Waals surface area (Å²) in [7, 11) is 1.62. The summed E-state index contributed by atoms with van der Waals surface area (Å²) in [5, 5.41) is 7.74. The highest BCUT2D eigenvalue weighted by Gasteiger charge is 2.32. The molecule has 1 aliphatic rings. The van der Waals surface area contributed by atoms with Crippen molar-refractivity contribution in [3.63, 3.8) is 0 Å². The highest BCUT2D eigenvalue weighted by molar-refractivity contribution is 5.95. The Kier molecular flexibility index (Phi) is 8.09. The van der Waals surface area contributed by atoms with Gasteiger partial charge in [-0.15, -0.1) is 0 Å². The number of methoxy groups -OCH3 is 1. The summed E-state index contributed by atoms with van der Waals surface area (Å²) in [6.07, 6.45) is 2.79. The number of carbonyl (C=O) groups is 2. The second-order valence-corrected chi connectivity index (χ2v) is 10.9. The highest BCUT2D eigenvalue weighted by atomic mass is 16.6. The molecule has 0 atom stereocenters. The Hall–Kier alpha value is -3.81. The molecule has 1 aromatic heterocycles. The zero-order valence-corrected chi connectivity index (χ0v) is 23.2. The average molecular weight is 519 g/mol. The number of hydrogen-bond acceptors (Lipinski definition) is 5. The normalized spacial score (nSPS) is 14.3. The zero-order chi connectivity index (χ0) is 27.4. The van der Waals surface area contributed by atoms with Crippen molar-refractivity contribution in [3.05, 3.63) is 76.6 Å². The van der Waals surface area contributed by atoms with Gasteiger partial charge in [0.05, 0.1) is 30.3 Å². The number of nitrogens with one attached hydrogen (secondary N) is 1. The van der Waals surface area contributed by atoms with Crippen LogP contribution in [0.2, 0.25) is 0 Å². The molecule has 3 aromatic rings. The number of carbonyl (C=O) groups excluding carboxylic acids is 2. The van der Waals surface area contributed by atoms with Gasteiger partial charge in [0.1, 0.15) is 11.4 Å². The molecule has 4 rings (SSSR count). The molecule has 0 saturated carbocycles. The van der Waals surface area contributed by atoms with Crippen LogP contribution in [0.25, 0.3) is 5.69 Å². The van der Waals surface area contributed by atoms with Crippen molar-refractivity contribution in [1.82, 2.24) is 20.0 Å². The minimum Gasteiger partial charge on any atom is -0.497 e. The fourth-order valence-corrected chi connectivity index (χ4v) is 4.88. The average Bonchev–Trinajstić information content (AvgIpc) is 3.31. The molecular weight excluding hydrogens is 480 g/mol. The van der Waals surface area contributed by atoms with Crippen LogP contribution in [0.3, 0.4) is 0 Å². The number of likely N-dealkylation sites (tertiary alicyclic amines) is 1. The molecule has 38 heavy (non-hydrogen) atoms. The van der Waals surface area contributed by atoms with Crippen LogP contribution in [0.5, 0.6) is 5.75 Å². The van der Waals surface area contributed by atoms with E-state index in [0.29, 0.717) is 38.0 Å². The Labute approximate surface area is 224 Å². The maximum atomic E-state index is 13.5. The van der Waals surface area contributed by atoms with Crippen molar-refractivity contribution in [1.29, 1.82) is 0 Å². The second-order valence-electron chi connectivity index (χ2n) is 10.9. The van der Waals surface area contributed by atoms with E-state index in [2.05, 4.69) is 42.5 Å². The highest BCUT2D eigenvalue weighted by Crippen LogP contribution is 2.33. The van der Waals surface area contributed by atoms with E-state index >= 15 is 0 Å². The summed E-state index contributed by atoms with van der Waals surface area (Å²) >= 11 is 0. The monoisotopic (exact) mass is 518 g/mol. The molecule has 0 bridgehead atoms. The SMILES string of the molecule is COc1cccc(CNC(=O)c2cnn(-c3ccc(C)cc3C)c2C2CCN(C(=O)OC(C)(C)C)CC2)c1. The van der Waals surface area contributed by atoms with E-state index in [1.165, 1.54) is 5.56 Å². The maximum Gasteiger partial charge on any atom is 0.410 e. The first-order chi connectivity index (χ1) is 18.1. The second kappa shape index (κ2) is 11.3. The van der Waals surface area contributed by atoms with E-state index in [4.69, 9.17) is 9.47 Å². The van der Waals surface area contributed by atoms with Gasteiger partial charge >= 0.3 is 6.09 Å². The van der Waals surface area contributed by atoms with Crippen molar-refractivity contribution < 1.29 is 19.1 Å². The van der Waals surface area contributed by atoms with Crippen LogP contribution in [-0.2, 0) is 11.3 Å². The Morgan fingerprint density at radius 3 is 2.47 bits per heavy atom. The van der Waals surface area contributed by atoms with Gasteiger partial charge in [0.25, 0.3) is 5.91 Å². The van der Waals surface area contributed by atoms with E-state index in [9.17, 15) is 9.59 Å². The van der Waals surface area contributed by atoms with Crippen LogP contribution < -0.4 is 10.1 Å². The summed E-state index contributed by atoms with van der Waals surface area (Å²) in [6.45, 7) is 11.2. The quantitative estimate of drug-likeness (QED) is 0.463. The van der Waals surface area contributed by atoms with Crippen LogP contribution in [0, 0.1) is 13.8 Å². The predicted octanol–water partition coefficient (Wildman–Crippen LogP) is 5.54. The molecule has 1 saturated heterocycles. The Morgan fingerprint density at radius 1 is 1.08 bits per heavy atom. The summed E-state index contributed by atoms with van der Waals surface area (Å²) in [6, 6.07) is 13.9. The number of amides is 2. The van der Waals surface area contributed by atoms with Crippen LogP contribution in [0.15, 0.2) is 48.7 Å². The molecule has 0 aliphatic carbocycles. The van der Waals surface area contributed by atoms with Crippen molar-refractivity contribution >= 4 is 12.0 Å². The minimum absolute atomic E-state index is 0.0643. The van der Waals surface area contributed by atoms with Gasteiger partial charge < -0.3 is 19.7 Å². The molecule has 0 radical (unpaired) electrons. The lowest BCUT2D eigenvalue weighted by atomic mass is 9.90. The maximum absolute atomic E-state index is 13.5. The summed E-state index contributed by atoms with van der Waals surface area (Å²) < 4.78 is 12.8. The Morgan fingerprint density at radius 2 is 1.82 bits per heavy atom. The minimum atomic E-state index is -0.538. The number of benzene rings is 2. The van der Waals surface area contributed by atoms with Crippen LogP contribution in [0.1, 0.15) is 72.3 Å². The van der Waals surface area contributed by atoms with E-state index in [-0.39, 0.29) is 17.9 Å². The third-order valence-corrected chi connectivity index (χ3v) is 6.75. The predicted molar refractivity (Wildman–Crippen MR) is 147 cm³/mol. The topological polar surface area (TPSA) is 85.7 Å². The molecule has 0 spiro atoms. The Bertz CT molecular complexity index is 1300. The number of ether oxygens (including phenoxy) is 2. The van der Waals surface area contributed by atoms with E-state index < -0.39 is 5.60 Å². The smallest absolute Gasteiger partial charge is 0.410 e. The molecule has 0 unspecified atom stereocenters. The van der Waals surface area contributed by atoms with Crippen molar-refractivity contribution in [3.8, 4) is 11.4 Å². The molecule has 2 heterocycles. The molecule has 8 heteroatoms. The lowest BCUT2D eigenvalue weighted by molar-refractivity contribution is 0.0203. The molecule has 1 aliphatic heterocycles. The lowest BCUT2D eigenvalue weighted by Crippen LogP contribution is -2.41.